The van der Waals surface area contributed by atoms with Crippen molar-refractivity contribution in [2.45, 2.75) is 38.5 Å². The van der Waals surface area contributed by atoms with E-state index in [9.17, 15) is 9.18 Å². The molecule has 0 spiro atoms. The summed E-state index contributed by atoms with van der Waals surface area (Å²) in [6, 6.07) is 5.69. The number of aromatic nitrogens is 2. The molecule has 24 heavy (non-hydrogen) atoms. The van der Waals surface area contributed by atoms with E-state index in [2.05, 4.69) is 15.5 Å². The molecule has 6 heteroatoms. The van der Waals surface area contributed by atoms with Gasteiger partial charge >= 0.3 is 0 Å². The van der Waals surface area contributed by atoms with E-state index in [1.54, 1.807) is 0 Å². The Labute approximate surface area is 140 Å². The molecule has 0 unspecified atom stereocenters. The van der Waals surface area contributed by atoms with Crippen LogP contribution in [0.25, 0.3) is 0 Å². The molecule has 0 atom stereocenters. The number of nitrogens with zero attached hydrogens (tertiary/aromatic N) is 1. The highest BCUT2D eigenvalue weighted by Crippen LogP contribution is 2.27. The molecule has 0 aliphatic heterocycles. The minimum Gasteiger partial charge on any atom is -0.496 e. The van der Waals surface area contributed by atoms with Gasteiger partial charge in [0.2, 0.25) is 0 Å². The minimum absolute atomic E-state index is 0.148. The van der Waals surface area contributed by atoms with Crippen molar-refractivity contribution >= 4 is 11.7 Å². The van der Waals surface area contributed by atoms with Crippen molar-refractivity contribution in [1.29, 1.82) is 0 Å². The molecule has 0 saturated heterocycles. The van der Waals surface area contributed by atoms with Gasteiger partial charge < -0.3 is 10.1 Å². The van der Waals surface area contributed by atoms with Crippen molar-refractivity contribution in [3.05, 3.63) is 41.3 Å². The van der Waals surface area contributed by atoms with Crippen molar-refractivity contribution in [3.8, 4) is 5.75 Å². The highest BCUT2D eigenvalue weighted by Gasteiger charge is 2.17. The second kappa shape index (κ2) is 7.47. The van der Waals surface area contributed by atoms with E-state index in [1.165, 1.54) is 51.3 Å². The van der Waals surface area contributed by atoms with Crippen LogP contribution in [0, 0.1) is 11.7 Å². The molecular weight excluding hydrogens is 309 g/mol. The van der Waals surface area contributed by atoms with Crippen molar-refractivity contribution in [1.82, 2.24) is 10.2 Å². The number of anilines is 1. The number of carbonyl (C=O) groups excluding carboxylic acids is 1. The number of amides is 1. The lowest BCUT2D eigenvalue weighted by molar-refractivity contribution is 0.102. The Bertz CT molecular complexity index is 708. The van der Waals surface area contributed by atoms with Crippen molar-refractivity contribution in [2.75, 3.05) is 12.4 Å². The van der Waals surface area contributed by atoms with Gasteiger partial charge in [0, 0.05) is 11.8 Å². The molecule has 1 aromatic heterocycles. The molecule has 5 nitrogen and oxygen atoms in total. The van der Waals surface area contributed by atoms with Crippen LogP contribution in [-0.4, -0.2) is 23.2 Å². The van der Waals surface area contributed by atoms with Gasteiger partial charge in [0.05, 0.1) is 12.7 Å². The molecule has 1 aliphatic carbocycles. The first kappa shape index (κ1) is 16.5. The summed E-state index contributed by atoms with van der Waals surface area (Å²) >= 11 is 0. The van der Waals surface area contributed by atoms with Gasteiger partial charge in [-0.15, -0.1) is 0 Å². The van der Waals surface area contributed by atoms with E-state index in [0.29, 0.717) is 17.5 Å². The molecule has 3 rings (SSSR count). The number of rotatable bonds is 5. The number of carbonyl (C=O) groups is 1. The Kier molecular flexibility index (Phi) is 5.13. The largest absolute Gasteiger partial charge is 0.496 e. The van der Waals surface area contributed by atoms with Crippen LogP contribution in [0.2, 0.25) is 0 Å². The molecule has 1 amide bonds. The molecule has 1 saturated carbocycles. The molecule has 2 N–H and O–H groups in total. The third-order valence-corrected chi connectivity index (χ3v) is 4.51. The van der Waals surface area contributed by atoms with Crippen LogP contribution in [-0.2, 0) is 6.42 Å². The number of hydrogen-bond acceptors (Lipinski definition) is 3. The monoisotopic (exact) mass is 331 g/mol. The zero-order chi connectivity index (χ0) is 16.9. The van der Waals surface area contributed by atoms with Gasteiger partial charge in [0.25, 0.3) is 5.91 Å². The lowest BCUT2D eigenvalue weighted by Gasteiger charge is -2.20. The highest BCUT2D eigenvalue weighted by molar-refractivity contribution is 6.05. The Balaban J connectivity index is 1.66. The number of H-pyrrole nitrogens is 1. The Morgan fingerprint density at radius 3 is 2.88 bits per heavy atom. The fourth-order valence-electron chi connectivity index (χ4n) is 3.27. The van der Waals surface area contributed by atoms with Crippen molar-refractivity contribution in [3.63, 3.8) is 0 Å². The minimum atomic E-state index is -0.485. The molecule has 0 bridgehead atoms. The number of ether oxygens (including phenoxy) is 1. The van der Waals surface area contributed by atoms with Crippen molar-refractivity contribution in [2.24, 2.45) is 5.92 Å². The average molecular weight is 331 g/mol. The summed E-state index contributed by atoms with van der Waals surface area (Å²) in [6.45, 7) is 0. The molecule has 1 aromatic carbocycles. The van der Waals surface area contributed by atoms with Gasteiger partial charge in [-0.2, -0.15) is 5.10 Å². The van der Waals surface area contributed by atoms with Crippen LogP contribution >= 0.6 is 0 Å². The van der Waals surface area contributed by atoms with Crippen LogP contribution in [0.3, 0.4) is 0 Å². The summed E-state index contributed by atoms with van der Waals surface area (Å²) in [5.41, 5.74) is 1.16. The molecule has 128 valence electrons. The van der Waals surface area contributed by atoms with E-state index in [-0.39, 0.29) is 5.56 Å². The standard InChI is InChI=1S/C18H22FN3O2/c1-24-16-8-7-13(19)10-15(16)18(23)20-17-11-14(21-22-17)9-12-5-3-2-4-6-12/h7-8,10-12H,2-6,9H2,1H3,(H2,20,21,22,23). The molecule has 1 heterocycles. The van der Waals surface area contributed by atoms with Crippen LogP contribution in [0.1, 0.15) is 48.2 Å². The summed E-state index contributed by atoms with van der Waals surface area (Å²) in [4.78, 5) is 12.3. The summed E-state index contributed by atoms with van der Waals surface area (Å²) in [7, 11) is 1.45. The maximum absolute atomic E-state index is 13.4. The molecule has 1 fully saturated rings. The van der Waals surface area contributed by atoms with E-state index >= 15 is 0 Å². The van der Waals surface area contributed by atoms with E-state index < -0.39 is 11.7 Å². The zero-order valence-electron chi connectivity index (χ0n) is 13.8. The summed E-state index contributed by atoms with van der Waals surface area (Å²) in [5, 5.41) is 9.80. The van der Waals surface area contributed by atoms with Crippen LogP contribution in [0.15, 0.2) is 24.3 Å². The quantitative estimate of drug-likeness (QED) is 0.872. The van der Waals surface area contributed by atoms with Gasteiger partial charge in [-0.3, -0.25) is 9.89 Å². The summed E-state index contributed by atoms with van der Waals surface area (Å²) in [6.07, 6.45) is 7.37. The summed E-state index contributed by atoms with van der Waals surface area (Å²) < 4.78 is 18.5. The van der Waals surface area contributed by atoms with Crippen LogP contribution < -0.4 is 10.1 Å². The number of halogens is 1. The maximum atomic E-state index is 13.4. The maximum Gasteiger partial charge on any atom is 0.260 e. The Hall–Kier alpha value is -2.37. The zero-order valence-corrected chi connectivity index (χ0v) is 13.8. The lowest BCUT2D eigenvalue weighted by Crippen LogP contribution is -2.13. The van der Waals surface area contributed by atoms with Gasteiger partial charge in [-0.05, 0) is 30.5 Å². The second-order valence-electron chi connectivity index (χ2n) is 6.29. The smallest absolute Gasteiger partial charge is 0.260 e. The summed E-state index contributed by atoms with van der Waals surface area (Å²) in [5.74, 6) is 0.526. The third-order valence-electron chi connectivity index (χ3n) is 4.51. The topological polar surface area (TPSA) is 67.0 Å². The van der Waals surface area contributed by atoms with Crippen LogP contribution in [0.5, 0.6) is 5.75 Å². The highest BCUT2D eigenvalue weighted by atomic mass is 19.1. The predicted molar refractivity (Wildman–Crippen MR) is 89.8 cm³/mol. The number of methoxy groups -OCH3 is 1. The second-order valence-corrected chi connectivity index (χ2v) is 6.29. The SMILES string of the molecule is COc1ccc(F)cc1C(=O)Nc1cc(CC2CCCCC2)[nH]n1. The Morgan fingerprint density at radius 1 is 1.33 bits per heavy atom. The molecule has 2 aromatic rings. The average Bonchev–Trinajstić information content (AvgIpc) is 3.02. The first-order chi connectivity index (χ1) is 11.7. The normalized spacial score (nSPS) is 15.2. The first-order valence-corrected chi connectivity index (χ1v) is 8.35. The van der Waals surface area contributed by atoms with E-state index in [0.717, 1.165) is 18.2 Å². The fourth-order valence-corrected chi connectivity index (χ4v) is 3.27. The predicted octanol–water partition coefficient (Wildman–Crippen LogP) is 3.93. The van der Waals surface area contributed by atoms with Gasteiger partial charge in [-0.1, -0.05) is 32.1 Å². The fraction of sp³-hybridized carbons (Fsp3) is 0.444. The number of benzene rings is 1. The van der Waals surface area contributed by atoms with Gasteiger partial charge in [-0.25, -0.2) is 4.39 Å². The van der Waals surface area contributed by atoms with E-state index in [4.69, 9.17) is 4.74 Å². The van der Waals surface area contributed by atoms with Gasteiger partial charge in [0.1, 0.15) is 11.6 Å². The number of aromatic amines is 1. The van der Waals surface area contributed by atoms with E-state index in [1.807, 2.05) is 6.07 Å². The molecule has 1 aliphatic rings. The lowest BCUT2D eigenvalue weighted by atomic mass is 9.86. The third kappa shape index (κ3) is 3.93. The van der Waals surface area contributed by atoms with Gasteiger partial charge in [0.15, 0.2) is 5.82 Å². The molecule has 0 radical (unpaired) electrons. The molecular formula is C18H22FN3O2. The Morgan fingerprint density at radius 2 is 2.12 bits per heavy atom. The van der Waals surface area contributed by atoms with Crippen molar-refractivity contribution < 1.29 is 13.9 Å². The number of nitrogens with one attached hydrogen (secondary N) is 2. The first-order valence-electron chi connectivity index (χ1n) is 8.35. The van der Waals surface area contributed by atoms with Crippen LogP contribution in [0.4, 0.5) is 10.2 Å². The number of hydrogen-bond donors (Lipinski definition) is 2.